The van der Waals surface area contributed by atoms with E-state index in [-0.39, 0.29) is 0 Å². The molecule has 1 rings (SSSR count). The van der Waals surface area contributed by atoms with E-state index in [1.807, 2.05) is 0 Å². The Morgan fingerprint density at radius 3 is 2.75 bits per heavy atom. The fraction of sp³-hybridized carbons (Fsp3) is 0.429. The predicted octanol–water partition coefficient (Wildman–Crippen LogP) is 2.90. The highest BCUT2D eigenvalue weighted by Crippen LogP contribution is 2.27. The van der Waals surface area contributed by atoms with Crippen LogP contribution >= 0.6 is 22.6 Å². The molecule has 1 aliphatic carbocycles. The van der Waals surface area contributed by atoms with Gasteiger partial charge in [0.15, 0.2) is 0 Å². The highest BCUT2D eigenvalue weighted by Gasteiger charge is 2.07. The Labute approximate surface area is 63.8 Å². The van der Waals surface area contributed by atoms with E-state index >= 15 is 0 Å². The Kier molecular flexibility index (Phi) is 2.11. The van der Waals surface area contributed by atoms with E-state index in [1.165, 1.54) is 10.0 Å². The van der Waals surface area contributed by atoms with E-state index in [9.17, 15) is 0 Å². The van der Waals surface area contributed by atoms with E-state index < -0.39 is 0 Å². The van der Waals surface area contributed by atoms with E-state index in [2.05, 4.69) is 47.7 Å². The van der Waals surface area contributed by atoms with Gasteiger partial charge in [0.1, 0.15) is 0 Å². The molecule has 8 heavy (non-hydrogen) atoms. The second-order valence-electron chi connectivity index (χ2n) is 1.95. The van der Waals surface area contributed by atoms with Gasteiger partial charge < -0.3 is 0 Å². The Hall–Kier alpha value is 0.210. The maximum absolute atomic E-state index is 2.39. The molecule has 0 spiro atoms. The van der Waals surface area contributed by atoms with E-state index in [1.54, 1.807) is 0 Å². The zero-order valence-corrected chi connectivity index (χ0v) is 7.05. The Bertz CT molecular complexity index is 133. The summed E-state index contributed by atoms with van der Waals surface area (Å²) in [4.78, 5) is 0. The largest absolute Gasteiger partial charge is 0.0765 e. The van der Waals surface area contributed by atoms with Crippen molar-refractivity contribution in [2.45, 2.75) is 13.3 Å². The molecule has 0 radical (unpaired) electrons. The van der Waals surface area contributed by atoms with E-state index in [0.717, 1.165) is 5.92 Å². The summed E-state index contributed by atoms with van der Waals surface area (Å²) >= 11 is 2.39. The van der Waals surface area contributed by atoms with E-state index in [0.29, 0.717) is 0 Å². The molecule has 0 nitrogen and oxygen atoms in total. The van der Waals surface area contributed by atoms with Crippen LogP contribution in [0.1, 0.15) is 13.3 Å². The first-order chi connectivity index (χ1) is 3.84. The topological polar surface area (TPSA) is 0 Å². The van der Waals surface area contributed by atoms with Crippen LogP contribution in [0.15, 0.2) is 21.8 Å². The lowest BCUT2D eigenvalue weighted by Crippen LogP contribution is -1.87. The van der Waals surface area contributed by atoms with Gasteiger partial charge in [-0.25, -0.2) is 0 Å². The fourth-order valence-corrected chi connectivity index (χ4v) is 1.68. The lowest BCUT2D eigenvalue weighted by Gasteiger charge is -2.01. The summed E-state index contributed by atoms with van der Waals surface area (Å²) in [5, 5.41) is 0. The van der Waals surface area contributed by atoms with Crippen molar-refractivity contribution < 1.29 is 0 Å². The maximum Gasteiger partial charge on any atom is 0.00765 e. The SMILES string of the molecule is CCC1C=CC=C1I. The lowest BCUT2D eigenvalue weighted by atomic mass is 10.1. The third kappa shape index (κ3) is 1.13. The van der Waals surface area contributed by atoms with Crippen molar-refractivity contribution in [2.75, 3.05) is 0 Å². The molecule has 0 bridgehead atoms. The van der Waals surface area contributed by atoms with E-state index in [4.69, 9.17) is 0 Å². The van der Waals surface area contributed by atoms with Crippen LogP contribution in [0.25, 0.3) is 0 Å². The molecule has 0 saturated heterocycles. The molecule has 1 aliphatic rings. The number of allylic oxidation sites excluding steroid dienone is 4. The minimum atomic E-state index is 0.732. The van der Waals surface area contributed by atoms with Crippen LogP contribution in [0, 0.1) is 5.92 Å². The smallest absolute Gasteiger partial charge is 0.00765 e. The normalized spacial score (nSPS) is 26.2. The molecule has 0 fully saturated rings. The number of halogens is 1. The van der Waals surface area contributed by atoms with Gasteiger partial charge in [0.25, 0.3) is 0 Å². The van der Waals surface area contributed by atoms with Gasteiger partial charge in [0.05, 0.1) is 0 Å². The first kappa shape index (κ1) is 6.33. The molecule has 1 atom stereocenters. The van der Waals surface area contributed by atoms with Gasteiger partial charge in [-0.3, -0.25) is 0 Å². The molecule has 0 aromatic heterocycles. The summed E-state index contributed by atoms with van der Waals surface area (Å²) < 4.78 is 1.48. The second kappa shape index (κ2) is 2.67. The van der Waals surface area contributed by atoms with Crippen molar-refractivity contribution in [2.24, 2.45) is 5.92 Å². The fourth-order valence-electron chi connectivity index (χ4n) is 0.828. The van der Waals surface area contributed by atoms with Gasteiger partial charge in [-0.15, -0.1) is 0 Å². The zero-order valence-electron chi connectivity index (χ0n) is 4.89. The Balaban J connectivity index is 2.58. The van der Waals surface area contributed by atoms with Crippen molar-refractivity contribution in [3.05, 3.63) is 21.8 Å². The summed E-state index contributed by atoms with van der Waals surface area (Å²) in [7, 11) is 0. The van der Waals surface area contributed by atoms with Crippen molar-refractivity contribution in [1.29, 1.82) is 0 Å². The molecular formula is C7H9I. The Morgan fingerprint density at radius 1 is 1.75 bits per heavy atom. The summed E-state index contributed by atoms with van der Waals surface area (Å²) in [6, 6.07) is 0. The quantitative estimate of drug-likeness (QED) is 0.596. The molecular weight excluding hydrogens is 211 g/mol. The molecule has 0 amide bonds. The summed E-state index contributed by atoms with van der Waals surface area (Å²) in [5.41, 5.74) is 0. The molecule has 1 heteroatoms. The van der Waals surface area contributed by atoms with Crippen LogP contribution < -0.4 is 0 Å². The molecule has 0 heterocycles. The molecule has 0 aromatic carbocycles. The van der Waals surface area contributed by atoms with Crippen molar-refractivity contribution >= 4 is 22.6 Å². The number of hydrogen-bond donors (Lipinski definition) is 0. The second-order valence-corrected chi connectivity index (χ2v) is 3.20. The summed E-state index contributed by atoms with van der Waals surface area (Å²) in [5.74, 6) is 0.732. The first-order valence-corrected chi connectivity index (χ1v) is 3.96. The predicted molar refractivity (Wildman–Crippen MR) is 45.0 cm³/mol. The summed E-state index contributed by atoms with van der Waals surface area (Å²) in [6.07, 6.45) is 7.80. The van der Waals surface area contributed by atoms with Crippen LogP contribution in [0.5, 0.6) is 0 Å². The minimum Gasteiger partial charge on any atom is -0.0765 e. The van der Waals surface area contributed by atoms with Gasteiger partial charge in [-0.1, -0.05) is 25.2 Å². The van der Waals surface area contributed by atoms with Gasteiger partial charge in [0.2, 0.25) is 0 Å². The average molecular weight is 220 g/mol. The standard InChI is InChI=1S/C7H9I/c1-2-6-4-3-5-7(6)8/h3-6H,2H2,1H3. The van der Waals surface area contributed by atoms with Crippen LogP contribution in [0.2, 0.25) is 0 Å². The van der Waals surface area contributed by atoms with Gasteiger partial charge in [0, 0.05) is 5.92 Å². The maximum atomic E-state index is 2.39. The zero-order chi connectivity index (χ0) is 5.98. The van der Waals surface area contributed by atoms with Crippen LogP contribution in [-0.2, 0) is 0 Å². The van der Waals surface area contributed by atoms with Crippen molar-refractivity contribution in [1.82, 2.24) is 0 Å². The van der Waals surface area contributed by atoms with Crippen molar-refractivity contribution in [3.8, 4) is 0 Å². The van der Waals surface area contributed by atoms with Crippen LogP contribution in [-0.4, -0.2) is 0 Å². The molecule has 1 unspecified atom stereocenters. The average Bonchev–Trinajstić information content (AvgIpc) is 2.14. The number of hydrogen-bond acceptors (Lipinski definition) is 0. The molecule has 0 saturated carbocycles. The molecule has 0 aromatic rings. The third-order valence-corrected chi connectivity index (χ3v) is 2.55. The Morgan fingerprint density at radius 2 is 2.50 bits per heavy atom. The number of rotatable bonds is 1. The van der Waals surface area contributed by atoms with Gasteiger partial charge in [-0.05, 0) is 32.6 Å². The molecule has 0 N–H and O–H groups in total. The highest BCUT2D eigenvalue weighted by atomic mass is 127. The van der Waals surface area contributed by atoms with Gasteiger partial charge in [-0.2, -0.15) is 0 Å². The van der Waals surface area contributed by atoms with Crippen molar-refractivity contribution in [3.63, 3.8) is 0 Å². The minimum absolute atomic E-state index is 0.732. The first-order valence-electron chi connectivity index (χ1n) is 2.88. The highest BCUT2D eigenvalue weighted by molar-refractivity contribution is 14.1. The third-order valence-electron chi connectivity index (χ3n) is 1.39. The summed E-state index contributed by atoms with van der Waals surface area (Å²) in [6.45, 7) is 2.22. The molecule has 44 valence electrons. The monoisotopic (exact) mass is 220 g/mol. The van der Waals surface area contributed by atoms with Crippen LogP contribution in [0.3, 0.4) is 0 Å². The molecule has 0 aliphatic heterocycles. The van der Waals surface area contributed by atoms with Crippen LogP contribution in [0.4, 0.5) is 0 Å². The lowest BCUT2D eigenvalue weighted by molar-refractivity contribution is 0.779. The van der Waals surface area contributed by atoms with Gasteiger partial charge >= 0.3 is 0 Å².